The third kappa shape index (κ3) is 4.05. The maximum Gasteiger partial charge on any atom is 0.0117 e. The lowest BCUT2D eigenvalue weighted by Gasteiger charge is -2.24. The van der Waals surface area contributed by atoms with E-state index in [1.54, 1.807) is 0 Å². The zero-order chi connectivity index (χ0) is 10.4. The van der Waals surface area contributed by atoms with Crippen molar-refractivity contribution in [3.63, 3.8) is 0 Å². The highest BCUT2D eigenvalue weighted by Gasteiger charge is 2.20. The van der Waals surface area contributed by atoms with Gasteiger partial charge in [0.15, 0.2) is 0 Å². The Morgan fingerprint density at radius 3 is 3.07 bits per heavy atom. The van der Waals surface area contributed by atoms with Crippen LogP contribution in [-0.2, 0) is 0 Å². The van der Waals surface area contributed by atoms with Gasteiger partial charge in [-0.25, -0.2) is 0 Å². The van der Waals surface area contributed by atoms with Crippen molar-refractivity contribution in [2.75, 3.05) is 19.3 Å². The van der Waals surface area contributed by atoms with Crippen LogP contribution in [0, 0.1) is 11.8 Å². The zero-order valence-electron chi connectivity index (χ0n) is 9.70. The van der Waals surface area contributed by atoms with Gasteiger partial charge in [-0.1, -0.05) is 31.0 Å². The largest absolute Gasteiger partial charge is 0.253 e. The Hall–Kier alpha value is 0.0500. The van der Waals surface area contributed by atoms with Crippen molar-refractivity contribution in [1.29, 1.82) is 0 Å². The summed E-state index contributed by atoms with van der Waals surface area (Å²) in [5.74, 6) is 3.04. The first-order chi connectivity index (χ1) is 6.74. The molecule has 1 fully saturated rings. The van der Waals surface area contributed by atoms with Gasteiger partial charge in [0.1, 0.15) is 0 Å². The van der Waals surface area contributed by atoms with Crippen molar-refractivity contribution in [1.82, 2.24) is 4.31 Å². The van der Waals surface area contributed by atoms with Crippen molar-refractivity contribution in [3.8, 4) is 0 Å². The summed E-state index contributed by atoms with van der Waals surface area (Å²) in [5.41, 5.74) is 0. The molecule has 1 saturated heterocycles. The third-order valence-corrected chi connectivity index (χ3v) is 4.13. The summed E-state index contributed by atoms with van der Waals surface area (Å²) in [6.07, 6.45) is 8.53. The van der Waals surface area contributed by atoms with E-state index in [1.807, 2.05) is 11.9 Å². The van der Waals surface area contributed by atoms with Crippen LogP contribution >= 0.6 is 11.9 Å². The molecule has 1 aliphatic rings. The molecule has 0 spiro atoms. The van der Waals surface area contributed by atoms with E-state index < -0.39 is 0 Å². The molecule has 1 heterocycles. The second kappa shape index (κ2) is 6.52. The summed E-state index contributed by atoms with van der Waals surface area (Å²) in [6.45, 7) is 5.78. The Bertz CT molecular complexity index is 179. The summed E-state index contributed by atoms with van der Waals surface area (Å²) in [5, 5.41) is 0. The van der Waals surface area contributed by atoms with Gasteiger partial charge in [0.2, 0.25) is 0 Å². The van der Waals surface area contributed by atoms with Crippen LogP contribution < -0.4 is 0 Å². The number of hydrogen-bond donors (Lipinski definition) is 0. The van der Waals surface area contributed by atoms with Crippen molar-refractivity contribution < 1.29 is 0 Å². The molecule has 0 saturated carbocycles. The van der Waals surface area contributed by atoms with Gasteiger partial charge < -0.3 is 0 Å². The van der Waals surface area contributed by atoms with Crippen LogP contribution in [0.25, 0.3) is 0 Å². The van der Waals surface area contributed by atoms with Gasteiger partial charge in [-0.2, -0.15) is 0 Å². The summed E-state index contributed by atoms with van der Waals surface area (Å²) < 4.78 is 2.42. The summed E-state index contributed by atoms with van der Waals surface area (Å²) in [7, 11) is 2.23. The molecule has 1 rings (SSSR count). The molecule has 0 aromatic carbocycles. The van der Waals surface area contributed by atoms with E-state index in [-0.39, 0.29) is 0 Å². The lowest BCUT2D eigenvalue weighted by molar-refractivity contribution is 0.296. The van der Waals surface area contributed by atoms with Crippen LogP contribution in [-0.4, -0.2) is 23.7 Å². The first-order valence-electron chi connectivity index (χ1n) is 5.69. The van der Waals surface area contributed by atoms with E-state index in [0.29, 0.717) is 0 Å². The number of allylic oxidation sites excluding steroid dienone is 2. The average Bonchev–Trinajstić information content (AvgIpc) is 2.39. The molecule has 0 aliphatic carbocycles. The Balaban J connectivity index is 2.39. The Morgan fingerprint density at radius 2 is 2.36 bits per heavy atom. The fourth-order valence-electron chi connectivity index (χ4n) is 2.05. The summed E-state index contributed by atoms with van der Waals surface area (Å²) in [6, 6.07) is 0. The molecule has 14 heavy (non-hydrogen) atoms. The molecule has 0 aromatic rings. The average molecular weight is 213 g/mol. The maximum atomic E-state index is 2.42. The van der Waals surface area contributed by atoms with Crippen LogP contribution in [0.1, 0.15) is 33.1 Å². The number of rotatable bonds is 3. The topological polar surface area (TPSA) is 3.24 Å². The minimum atomic E-state index is 0.840. The van der Waals surface area contributed by atoms with Gasteiger partial charge in [0.25, 0.3) is 0 Å². The van der Waals surface area contributed by atoms with Crippen molar-refractivity contribution in [2.45, 2.75) is 33.1 Å². The van der Waals surface area contributed by atoms with Crippen LogP contribution in [0.15, 0.2) is 12.2 Å². The summed E-state index contributed by atoms with van der Waals surface area (Å²) >= 11 is 2.00. The van der Waals surface area contributed by atoms with Crippen molar-refractivity contribution in [3.05, 3.63) is 12.2 Å². The van der Waals surface area contributed by atoms with E-state index in [1.165, 1.54) is 31.6 Å². The van der Waals surface area contributed by atoms with E-state index in [0.717, 1.165) is 11.8 Å². The fraction of sp³-hybridized carbons (Fsp3) is 0.833. The SMILES string of the molecule is C/C=C/C[C@H](C)C1CCCSN(C)C1. The van der Waals surface area contributed by atoms with Gasteiger partial charge in [0, 0.05) is 12.3 Å². The molecule has 0 amide bonds. The minimum absolute atomic E-state index is 0.840. The van der Waals surface area contributed by atoms with E-state index >= 15 is 0 Å². The highest BCUT2D eigenvalue weighted by atomic mass is 32.2. The number of nitrogens with zero attached hydrogens (tertiary/aromatic N) is 1. The number of hydrogen-bond acceptors (Lipinski definition) is 2. The van der Waals surface area contributed by atoms with E-state index in [2.05, 4.69) is 37.4 Å². The zero-order valence-corrected chi connectivity index (χ0v) is 10.5. The molecule has 82 valence electrons. The molecule has 2 heteroatoms. The van der Waals surface area contributed by atoms with Gasteiger partial charge in [-0.3, -0.25) is 4.31 Å². The molecule has 0 bridgehead atoms. The molecular formula is C12H23NS. The molecule has 1 unspecified atom stereocenters. The highest BCUT2D eigenvalue weighted by Crippen LogP contribution is 2.28. The van der Waals surface area contributed by atoms with Crippen LogP contribution in [0.3, 0.4) is 0 Å². The van der Waals surface area contributed by atoms with Crippen LogP contribution in [0.5, 0.6) is 0 Å². The van der Waals surface area contributed by atoms with Crippen molar-refractivity contribution in [2.24, 2.45) is 11.8 Å². The Kier molecular flexibility index (Phi) is 5.64. The highest BCUT2D eigenvalue weighted by molar-refractivity contribution is 7.96. The van der Waals surface area contributed by atoms with Gasteiger partial charge >= 0.3 is 0 Å². The quantitative estimate of drug-likeness (QED) is 0.521. The van der Waals surface area contributed by atoms with Gasteiger partial charge in [0.05, 0.1) is 0 Å². The molecule has 1 aliphatic heterocycles. The minimum Gasteiger partial charge on any atom is -0.253 e. The van der Waals surface area contributed by atoms with Crippen molar-refractivity contribution >= 4 is 11.9 Å². The maximum absolute atomic E-state index is 2.42. The smallest absolute Gasteiger partial charge is 0.0117 e. The second-order valence-electron chi connectivity index (χ2n) is 4.33. The normalized spacial score (nSPS) is 27.8. The second-order valence-corrected chi connectivity index (χ2v) is 5.62. The first kappa shape index (κ1) is 12.1. The lowest BCUT2D eigenvalue weighted by Crippen LogP contribution is -2.22. The monoisotopic (exact) mass is 213 g/mol. The molecule has 2 atom stereocenters. The third-order valence-electron chi connectivity index (χ3n) is 3.07. The molecule has 0 radical (unpaired) electrons. The molecule has 1 nitrogen and oxygen atoms in total. The molecular weight excluding hydrogens is 190 g/mol. The van der Waals surface area contributed by atoms with E-state index in [4.69, 9.17) is 0 Å². The van der Waals surface area contributed by atoms with Gasteiger partial charge in [-0.15, -0.1) is 0 Å². The fourth-order valence-corrected chi connectivity index (χ4v) is 2.95. The molecule has 0 aromatic heterocycles. The summed E-state index contributed by atoms with van der Waals surface area (Å²) in [4.78, 5) is 0. The Labute approximate surface area is 93.1 Å². The predicted octanol–water partition coefficient (Wildman–Crippen LogP) is 3.58. The van der Waals surface area contributed by atoms with Crippen LogP contribution in [0.2, 0.25) is 0 Å². The predicted molar refractivity (Wildman–Crippen MR) is 66.4 cm³/mol. The van der Waals surface area contributed by atoms with E-state index in [9.17, 15) is 0 Å². The Morgan fingerprint density at radius 1 is 1.57 bits per heavy atom. The van der Waals surface area contributed by atoms with Gasteiger partial charge in [-0.05, 0) is 45.1 Å². The molecule has 0 N–H and O–H groups in total. The standard InChI is InChI=1S/C12H23NS/c1-4-5-7-11(2)12-8-6-9-14-13(3)10-12/h4-5,11-12H,6-10H2,1-3H3/b5-4+/t11-,12?/m0/s1. The van der Waals surface area contributed by atoms with Crippen LogP contribution in [0.4, 0.5) is 0 Å². The lowest BCUT2D eigenvalue weighted by atomic mass is 9.87. The first-order valence-corrected chi connectivity index (χ1v) is 6.63.